The van der Waals surface area contributed by atoms with E-state index in [1.807, 2.05) is 12.1 Å². The number of hydrogen-bond donors (Lipinski definition) is 3. The van der Waals surface area contributed by atoms with Gasteiger partial charge in [-0.2, -0.15) is 0 Å². The summed E-state index contributed by atoms with van der Waals surface area (Å²) in [7, 11) is 0. The number of amidine groups is 1. The van der Waals surface area contributed by atoms with Crippen molar-refractivity contribution in [2.24, 2.45) is 5.73 Å². The topological polar surface area (TPSA) is 82.6 Å². The largest absolute Gasteiger partial charge is 0.508 e. The lowest BCUT2D eigenvalue weighted by atomic mass is 10.2. The molecule has 5 heteroatoms. The third kappa shape index (κ3) is 3.18. The van der Waals surface area contributed by atoms with Crippen molar-refractivity contribution in [2.45, 2.75) is 12.6 Å². The number of nitrogens with one attached hydrogen (secondary N) is 1. The molecular formula is C12H17N3O2. The van der Waals surface area contributed by atoms with Crippen LogP contribution in [0, 0.1) is 5.41 Å². The average Bonchev–Trinajstić information content (AvgIpc) is 2.32. The number of phenolic OH excluding ortho intramolecular Hbond substituents is 1. The van der Waals surface area contributed by atoms with Gasteiger partial charge in [0.1, 0.15) is 17.7 Å². The van der Waals surface area contributed by atoms with Crippen molar-refractivity contribution in [3.63, 3.8) is 0 Å². The molecular weight excluding hydrogens is 218 g/mol. The summed E-state index contributed by atoms with van der Waals surface area (Å²) in [5, 5.41) is 16.6. The molecule has 0 amide bonds. The van der Waals surface area contributed by atoms with Crippen LogP contribution in [-0.2, 0) is 11.3 Å². The number of morpholine rings is 1. The normalized spacial score (nSPS) is 21.3. The average molecular weight is 235 g/mol. The fourth-order valence-electron chi connectivity index (χ4n) is 1.89. The predicted octanol–water partition coefficient (Wildman–Crippen LogP) is 0.529. The zero-order valence-corrected chi connectivity index (χ0v) is 9.60. The van der Waals surface area contributed by atoms with Crippen molar-refractivity contribution < 1.29 is 9.84 Å². The second-order valence-electron chi connectivity index (χ2n) is 4.22. The van der Waals surface area contributed by atoms with Crippen LogP contribution in [-0.4, -0.2) is 41.6 Å². The van der Waals surface area contributed by atoms with Crippen LogP contribution in [0.15, 0.2) is 24.3 Å². The van der Waals surface area contributed by atoms with Crippen molar-refractivity contribution in [3.8, 4) is 5.75 Å². The molecule has 17 heavy (non-hydrogen) atoms. The Morgan fingerprint density at radius 1 is 1.47 bits per heavy atom. The Kier molecular flexibility index (Phi) is 3.61. The SMILES string of the molecule is N=C(N)C1CN(Cc2ccc(O)cc2)CCO1. The Labute approximate surface area is 100 Å². The van der Waals surface area contributed by atoms with Crippen LogP contribution < -0.4 is 5.73 Å². The van der Waals surface area contributed by atoms with Crippen LogP contribution in [0.5, 0.6) is 5.75 Å². The number of nitrogens with two attached hydrogens (primary N) is 1. The van der Waals surface area contributed by atoms with E-state index in [-0.39, 0.29) is 17.7 Å². The maximum Gasteiger partial charge on any atom is 0.127 e. The minimum atomic E-state index is -0.291. The number of nitrogens with zero attached hydrogens (tertiary/aromatic N) is 1. The second kappa shape index (κ2) is 5.16. The van der Waals surface area contributed by atoms with Gasteiger partial charge in [0, 0.05) is 19.6 Å². The van der Waals surface area contributed by atoms with Gasteiger partial charge < -0.3 is 15.6 Å². The summed E-state index contributed by atoms with van der Waals surface area (Å²) in [6.45, 7) is 2.87. The van der Waals surface area contributed by atoms with Crippen molar-refractivity contribution in [3.05, 3.63) is 29.8 Å². The van der Waals surface area contributed by atoms with Gasteiger partial charge in [0.2, 0.25) is 0 Å². The van der Waals surface area contributed by atoms with E-state index >= 15 is 0 Å². The molecule has 1 unspecified atom stereocenters. The number of benzene rings is 1. The highest BCUT2D eigenvalue weighted by atomic mass is 16.5. The Balaban J connectivity index is 1.94. The zero-order chi connectivity index (χ0) is 12.3. The second-order valence-corrected chi connectivity index (χ2v) is 4.22. The smallest absolute Gasteiger partial charge is 0.127 e. The molecule has 1 aromatic carbocycles. The zero-order valence-electron chi connectivity index (χ0n) is 9.60. The van der Waals surface area contributed by atoms with Crippen LogP contribution in [0.1, 0.15) is 5.56 Å². The van der Waals surface area contributed by atoms with Gasteiger partial charge in [-0.15, -0.1) is 0 Å². The quantitative estimate of drug-likeness (QED) is 0.527. The molecule has 0 radical (unpaired) electrons. The molecule has 0 aliphatic carbocycles. The Hall–Kier alpha value is -1.59. The monoisotopic (exact) mass is 235 g/mol. The highest BCUT2D eigenvalue weighted by molar-refractivity contribution is 5.82. The number of aromatic hydroxyl groups is 1. The number of phenols is 1. The van der Waals surface area contributed by atoms with E-state index < -0.39 is 0 Å². The van der Waals surface area contributed by atoms with Crippen molar-refractivity contribution in [1.82, 2.24) is 4.90 Å². The molecule has 5 nitrogen and oxygen atoms in total. The maximum atomic E-state index is 9.20. The molecule has 2 rings (SSSR count). The standard InChI is InChI=1S/C12H17N3O2/c13-12(14)11-8-15(5-6-17-11)7-9-1-3-10(16)4-2-9/h1-4,11,16H,5-8H2,(H3,13,14). The van der Waals surface area contributed by atoms with E-state index in [4.69, 9.17) is 15.9 Å². The fraction of sp³-hybridized carbons (Fsp3) is 0.417. The van der Waals surface area contributed by atoms with E-state index in [0.29, 0.717) is 13.2 Å². The van der Waals surface area contributed by atoms with E-state index in [2.05, 4.69) is 4.90 Å². The third-order valence-electron chi connectivity index (χ3n) is 2.84. The van der Waals surface area contributed by atoms with Gasteiger partial charge in [0.15, 0.2) is 0 Å². The number of ether oxygens (including phenoxy) is 1. The van der Waals surface area contributed by atoms with Crippen LogP contribution in [0.4, 0.5) is 0 Å². The van der Waals surface area contributed by atoms with E-state index in [0.717, 1.165) is 18.7 Å². The molecule has 1 aliphatic rings. The van der Waals surface area contributed by atoms with Crippen LogP contribution in [0.2, 0.25) is 0 Å². The van der Waals surface area contributed by atoms with Gasteiger partial charge in [-0.3, -0.25) is 10.3 Å². The van der Waals surface area contributed by atoms with Gasteiger partial charge in [0.25, 0.3) is 0 Å². The lowest BCUT2D eigenvalue weighted by Crippen LogP contribution is -2.47. The highest BCUT2D eigenvalue weighted by Crippen LogP contribution is 2.13. The molecule has 1 aromatic rings. The summed E-state index contributed by atoms with van der Waals surface area (Å²) in [5.41, 5.74) is 6.57. The predicted molar refractivity (Wildman–Crippen MR) is 65.0 cm³/mol. The minimum Gasteiger partial charge on any atom is -0.508 e. The molecule has 1 heterocycles. The Morgan fingerprint density at radius 2 is 2.18 bits per heavy atom. The molecule has 0 aromatic heterocycles. The van der Waals surface area contributed by atoms with Crippen molar-refractivity contribution in [2.75, 3.05) is 19.7 Å². The summed E-state index contributed by atoms with van der Waals surface area (Å²) >= 11 is 0. The first-order valence-corrected chi connectivity index (χ1v) is 5.61. The minimum absolute atomic E-state index is 0.0837. The number of hydrogen-bond acceptors (Lipinski definition) is 4. The van der Waals surface area contributed by atoms with Gasteiger partial charge >= 0.3 is 0 Å². The fourth-order valence-corrected chi connectivity index (χ4v) is 1.89. The third-order valence-corrected chi connectivity index (χ3v) is 2.84. The summed E-state index contributed by atoms with van der Waals surface area (Å²) in [6.07, 6.45) is -0.291. The number of rotatable bonds is 3. The summed E-state index contributed by atoms with van der Waals surface area (Å²) in [6, 6.07) is 7.15. The Morgan fingerprint density at radius 3 is 2.82 bits per heavy atom. The molecule has 0 bridgehead atoms. The van der Waals surface area contributed by atoms with E-state index in [9.17, 15) is 5.11 Å². The molecule has 0 spiro atoms. The summed E-state index contributed by atoms with van der Waals surface area (Å²) in [5.74, 6) is 0.359. The van der Waals surface area contributed by atoms with Crippen molar-refractivity contribution >= 4 is 5.84 Å². The molecule has 0 saturated carbocycles. The van der Waals surface area contributed by atoms with Crippen molar-refractivity contribution in [1.29, 1.82) is 5.41 Å². The first kappa shape index (κ1) is 11.9. The van der Waals surface area contributed by atoms with Crippen LogP contribution in [0.25, 0.3) is 0 Å². The first-order valence-electron chi connectivity index (χ1n) is 5.61. The molecule has 4 N–H and O–H groups in total. The van der Waals surface area contributed by atoms with E-state index in [1.54, 1.807) is 12.1 Å². The molecule has 1 aliphatic heterocycles. The summed E-state index contributed by atoms with van der Waals surface area (Å²) < 4.78 is 5.40. The Bertz CT molecular complexity index is 391. The molecule has 92 valence electrons. The molecule has 1 fully saturated rings. The van der Waals surface area contributed by atoms with Gasteiger partial charge in [-0.05, 0) is 17.7 Å². The highest BCUT2D eigenvalue weighted by Gasteiger charge is 2.22. The summed E-state index contributed by atoms with van der Waals surface area (Å²) in [4.78, 5) is 2.20. The van der Waals surface area contributed by atoms with Crippen LogP contribution in [0.3, 0.4) is 0 Å². The van der Waals surface area contributed by atoms with Crippen LogP contribution >= 0.6 is 0 Å². The maximum absolute atomic E-state index is 9.20. The van der Waals surface area contributed by atoms with Gasteiger partial charge in [-0.25, -0.2) is 0 Å². The molecule has 1 atom stereocenters. The molecule has 1 saturated heterocycles. The van der Waals surface area contributed by atoms with E-state index in [1.165, 1.54) is 0 Å². The lowest BCUT2D eigenvalue weighted by Gasteiger charge is -2.32. The van der Waals surface area contributed by atoms with Gasteiger partial charge in [0.05, 0.1) is 6.61 Å². The first-order chi connectivity index (χ1) is 8.15. The van der Waals surface area contributed by atoms with Gasteiger partial charge in [-0.1, -0.05) is 12.1 Å². The lowest BCUT2D eigenvalue weighted by molar-refractivity contribution is 0.00236.